The molecule has 2 nitrogen and oxygen atoms in total. The number of hydrogen-bond donors (Lipinski definition) is 0. The van der Waals surface area contributed by atoms with E-state index in [-0.39, 0.29) is 0 Å². The molecule has 0 fully saturated rings. The van der Waals surface area contributed by atoms with Crippen LogP contribution in [-0.2, 0) is 10.8 Å². The highest BCUT2D eigenvalue weighted by molar-refractivity contribution is 7.85. The lowest BCUT2D eigenvalue weighted by atomic mass is 10.1. The number of hydrogen-bond acceptors (Lipinski definition) is 2. The van der Waals surface area contributed by atoms with E-state index in [4.69, 9.17) is 16.0 Å². The molecule has 0 radical (unpaired) electrons. The molecule has 0 N–H and O–H groups in total. The van der Waals surface area contributed by atoms with Gasteiger partial charge in [-0.2, -0.15) is 0 Å². The third-order valence-corrected chi connectivity index (χ3v) is 5.30. The maximum Gasteiger partial charge on any atom is 0.151 e. The molecule has 0 amide bonds. The van der Waals surface area contributed by atoms with Gasteiger partial charge in [-0.05, 0) is 31.5 Å². The Bertz CT molecular complexity index is 863. The maximum atomic E-state index is 12.6. The lowest BCUT2D eigenvalue weighted by Gasteiger charge is -2.02. The van der Waals surface area contributed by atoms with Gasteiger partial charge >= 0.3 is 0 Å². The Hall–Kier alpha value is -1.58. The maximum absolute atomic E-state index is 12.6. The van der Waals surface area contributed by atoms with Crippen molar-refractivity contribution in [3.8, 4) is 11.3 Å². The first-order chi connectivity index (χ1) is 10.5. The van der Waals surface area contributed by atoms with Gasteiger partial charge in [-0.15, -0.1) is 0 Å². The van der Waals surface area contributed by atoms with E-state index in [2.05, 4.69) is 0 Å². The molecule has 0 aliphatic heterocycles. The Morgan fingerprint density at radius 2 is 1.82 bits per heavy atom. The van der Waals surface area contributed by atoms with Crippen LogP contribution < -0.4 is 0 Å². The first kappa shape index (κ1) is 15.3. The van der Waals surface area contributed by atoms with Crippen LogP contribution in [0.4, 0.5) is 0 Å². The minimum atomic E-state index is -1.12. The normalized spacial score (nSPS) is 12.7. The Kier molecular flexibility index (Phi) is 4.11. The molecule has 0 unspecified atom stereocenters. The van der Waals surface area contributed by atoms with E-state index in [1.165, 1.54) is 5.56 Å². The van der Waals surface area contributed by atoms with Crippen molar-refractivity contribution in [2.75, 3.05) is 5.75 Å². The molecule has 1 aromatic heterocycles. The number of rotatable bonds is 3. The third-order valence-electron chi connectivity index (χ3n) is 3.70. The van der Waals surface area contributed by atoms with Gasteiger partial charge in [-0.3, -0.25) is 4.21 Å². The average molecular weight is 333 g/mol. The van der Waals surface area contributed by atoms with Gasteiger partial charge in [-0.1, -0.05) is 48.4 Å². The molecule has 0 bridgehead atoms. The van der Waals surface area contributed by atoms with Gasteiger partial charge in [0.05, 0.1) is 15.7 Å². The van der Waals surface area contributed by atoms with Crippen LogP contribution in [-0.4, -0.2) is 9.96 Å². The van der Waals surface area contributed by atoms with Crippen LogP contribution in [0.15, 0.2) is 45.7 Å². The Labute approximate surface area is 137 Å². The van der Waals surface area contributed by atoms with Crippen molar-refractivity contribution in [2.24, 2.45) is 0 Å². The zero-order valence-electron chi connectivity index (χ0n) is 12.8. The summed E-state index contributed by atoms with van der Waals surface area (Å²) < 4.78 is 18.7. The van der Waals surface area contributed by atoms with Gasteiger partial charge in [-0.25, -0.2) is 0 Å². The van der Waals surface area contributed by atoms with Crippen molar-refractivity contribution in [3.05, 3.63) is 52.5 Å². The summed E-state index contributed by atoms with van der Waals surface area (Å²) in [6.45, 7) is 5.90. The van der Waals surface area contributed by atoms with Crippen LogP contribution in [0.25, 0.3) is 22.3 Å². The molecule has 3 aromatic rings. The van der Waals surface area contributed by atoms with E-state index in [1.54, 1.807) is 0 Å². The predicted octanol–water partition coefficient (Wildman–Crippen LogP) is 5.50. The topological polar surface area (TPSA) is 30.2 Å². The summed E-state index contributed by atoms with van der Waals surface area (Å²) in [5.41, 5.74) is 3.83. The van der Waals surface area contributed by atoms with E-state index in [0.717, 1.165) is 27.0 Å². The lowest BCUT2D eigenvalue weighted by Crippen LogP contribution is -1.95. The van der Waals surface area contributed by atoms with Crippen LogP contribution in [0.1, 0.15) is 18.1 Å². The summed E-state index contributed by atoms with van der Waals surface area (Å²) in [5.74, 6) is 1.22. The van der Waals surface area contributed by atoms with Crippen molar-refractivity contribution in [1.29, 1.82) is 0 Å². The number of benzene rings is 2. The molecular weight excluding hydrogens is 316 g/mol. The monoisotopic (exact) mass is 332 g/mol. The van der Waals surface area contributed by atoms with Gasteiger partial charge in [0.1, 0.15) is 5.58 Å². The zero-order valence-corrected chi connectivity index (χ0v) is 14.3. The minimum absolute atomic E-state index is 0.541. The largest absolute Gasteiger partial charge is 0.454 e. The smallest absolute Gasteiger partial charge is 0.151 e. The van der Waals surface area contributed by atoms with E-state index >= 15 is 0 Å². The van der Waals surface area contributed by atoms with Crippen LogP contribution in [0.5, 0.6) is 0 Å². The fourth-order valence-electron chi connectivity index (χ4n) is 2.57. The highest BCUT2D eigenvalue weighted by atomic mass is 35.5. The summed E-state index contributed by atoms with van der Waals surface area (Å²) in [7, 11) is -1.12. The van der Waals surface area contributed by atoms with Crippen molar-refractivity contribution >= 4 is 33.4 Å². The quantitative estimate of drug-likeness (QED) is 0.634. The highest BCUT2D eigenvalue weighted by Gasteiger charge is 2.21. The highest BCUT2D eigenvalue weighted by Crippen LogP contribution is 2.38. The van der Waals surface area contributed by atoms with Crippen LogP contribution in [0.2, 0.25) is 5.02 Å². The van der Waals surface area contributed by atoms with Gasteiger partial charge in [0.25, 0.3) is 0 Å². The van der Waals surface area contributed by atoms with Crippen molar-refractivity contribution in [2.45, 2.75) is 25.7 Å². The molecule has 0 aliphatic carbocycles. The molecule has 0 spiro atoms. The Morgan fingerprint density at radius 3 is 2.45 bits per heavy atom. The van der Waals surface area contributed by atoms with Crippen molar-refractivity contribution in [1.82, 2.24) is 0 Å². The number of fused-ring (bicyclic) bond motifs is 1. The molecule has 0 aliphatic rings. The molecule has 2 aromatic carbocycles. The minimum Gasteiger partial charge on any atom is -0.454 e. The van der Waals surface area contributed by atoms with Gasteiger partial charge in [0, 0.05) is 21.7 Å². The van der Waals surface area contributed by atoms with E-state index < -0.39 is 10.8 Å². The Balaban J connectivity index is 2.36. The zero-order chi connectivity index (χ0) is 15.9. The number of aryl methyl sites for hydroxylation is 2. The first-order valence-electron chi connectivity index (χ1n) is 7.19. The first-order valence-corrected chi connectivity index (χ1v) is 8.89. The van der Waals surface area contributed by atoms with Gasteiger partial charge in [0.15, 0.2) is 5.76 Å². The summed E-state index contributed by atoms with van der Waals surface area (Å²) >= 11 is 6.18. The van der Waals surface area contributed by atoms with E-state index in [0.29, 0.717) is 16.5 Å². The second kappa shape index (κ2) is 5.90. The van der Waals surface area contributed by atoms with Crippen LogP contribution >= 0.6 is 11.6 Å². The van der Waals surface area contributed by atoms with Crippen molar-refractivity contribution in [3.63, 3.8) is 0 Å². The second-order valence-corrected chi connectivity index (χ2v) is 7.47. The summed E-state index contributed by atoms with van der Waals surface area (Å²) in [6, 6.07) is 11.8. The molecule has 3 rings (SSSR count). The van der Waals surface area contributed by atoms with E-state index in [1.807, 2.05) is 57.2 Å². The second-order valence-electron chi connectivity index (χ2n) is 5.36. The fourth-order valence-corrected chi connectivity index (χ4v) is 3.89. The molecule has 1 atom stereocenters. The van der Waals surface area contributed by atoms with Crippen LogP contribution in [0.3, 0.4) is 0 Å². The molecule has 114 valence electrons. The molecule has 0 saturated heterocycles. The predicted molar refractivity (Wildman–Crippen MR) is 93.1 cm³/mol. The number of halogens is 1. The Morgan fingerprint density at radius 1 is 1.14 bits per heavy atom. The number of furan rings is 1. The average Bonchev–Trinajstić information content (AvgIpc) is 2.87. The molecule has 22 heavy (non-hydrogen) atoms. The molecule has 0 saturated carbocycles. The summed E-state index contributed by atoms with van der Waals surface area (Å²) in [4.78, 5) is 0.743. The third kappa shape index (κ3) is 2.59. The molecule has 4 heteroatoms. The summed E-state index contributed by atoms with van der Waals surface area (Å²) in [5, 5.41) is 1.48. The van der Waals surface area contributed by atoms with Gasteiger partial charge in [0.2, 0.25) is 0 Å². The van der Waals surface area contributed by atoms with Crippen molar-refractivity contribution < 1.29 is 8.63 Å². The summed E-state index contributed by atoms with van der Waals surface area (Å²) in [6.07, 6.45) is 0. The van der Waals surface area contributed by atoms with E-state index in [9.17, 15) is 4.21 Å². The van der Waals surface area contributed by atoms with Gasteiger partial charge < -0.3 is 4.42 Å². The fraction of sp³-hybridized carbons (Fsp3) is 0.222. The lowest BCUT2D eigenvalue weighted by molar-refractivity contribution is 0.620. The molecule has 1 heterocycles. The standard InChI is InChI=1S/C18H17ClO2S/c1-4-22(20)18-15-10-14(19)9-12(3)16(15)21-17(18)13-7-5-11(2)6-8-13/h5-10H,4H2,1-3H3/t22-/m0/s1. The van der Waals surface area contributed by atoms with Crippen LogP contribution in [0, 0.1) is 13.8 Å². The molecular formula is C18H17ClO2S. The SMILES string of the molecule is CC[S@](=O)c1c(-c2ccc(C)cc2)oc2c(C)cc(Cl)cc12.